The summed E-state index contributed by atoms with van der Waals surface area (Å²) in [6.45, 7) is 1.52. The molecule has 15 N–H and O–H groups in total. The highest BCUT2D eigenvalue weighted by molar-refractivity contribution is 8.76. The maximum absolute atomic E-state index is 15.2. The molecular weight excluding hydrogens is 1100 g/mol. The van der Waals surface area contributed by atoms with Crippen molar-refractivity contribution in [1.82, 2.24) is 51.8 Å². The zero-order chi connectivity index (χ0) is 58.2. The van der Waals surface area contributed by atoms with Crippen LogP contribution in [-0.4, -0.2) is 152 Å². The molecule has 1 fully saturated rings. The third kappa shape index (κ3) is 16.8. The van der Waals surface area contributed by atoms with Crippen LogP contribution in [0.5, 0.6) is 0 Å². The Morgan fingerprint density at radius 1 is 0.765 bits per heavy atom. The second-order valence-electron chi connectivity index (χ2n) is 19.9. The number of hydrogen-bond donors (Lipinski definition) is 12. The number of primary amides is 1. The van der Waals surface area contributed by atoms with Gasteiger partial charge < -0.3 is 69.1 Å². The molecule has 7 rings (SSSR count). The van der Waals surface area contributed by atoms with Crippen LogP contribution in [0.1, 0.15) is 48.4 Å². The lowest BCUT2D eigenvalue weighted by Gasteiger charge is -2.33. The summed E-state index contributed by atoms with van der Waals surface area (Å²) in [5, 5.41) is 29.6. The van der Waals surface area contributed by atoms with Gasteiger partial charge in [-0.15, -0.1) is 0 Å². The lowest BCUT2D eigenvalue weighted by atomic mass is 10.00. The van der Waals surface area contributed by atoms with Crippen LogP contribution in [0.2, 0.25) is 5.02 Å². The summed E-state index contributed by atoms with van der Waals surface area (Å²) < 4.78 is 0. The summed E-state index contributed by atoms with van der Waals surface area (Å²) >= 11 is 6.10. The zero-order valence-corrected chi connectivity index (χ0v) is 47.1. The maximum atomic E-state index is 15.2. The number of aliphatic hydroxyl groups excluding tert-OH is 1. The fraction of sp³-hybridized carbons (Fsp3) is 0.375. The molecule has 0 unspecified atom stereocenters. The molecule has 1 aliphatic heterocycles. The minimum absolute atomic E-state index is 0.0309. The second kappa shape index (κ2) is 29.3. The van der Waals surface area contributed by atoms with Gasteiger partial charge in [-0.1, -0.05) is 87.8 Å². The van der Waals surface area contributed by atoms with Crippen molar-refractivity contribution in [3.05, 3.63) is 137 Å². The van der Waals surface area contributed by atoms with E-state index in [2.05, 4.69) is 46.9 Å². The van der Waals surface area contributed by atoms with E-state index >= 15 is 4.79 Å². The number of unbranched alkanes of at least 4 members (excludes halogenated alkanes) is 1. The van der Waals surface area contributed by atoms with E-state index in [-0.39, 0.29) is 50.2 Å². The first-order valence-electron chi connectivity index (χ1n) is 26.4. The SMILES string of the molecule is C[C@H](O)[C@H]1NC(=O)[C@H](CCCCN)N(C)C(=O)[C@@H](Cc2c[nH]c3ccccc23)NC(=O)[C@H](Cc2cccnc2)NC(=O)[C@@H](NC(=O)[C@@H](N)Cc2ccc(Cl)cc2)CSSC[C@H](C(=O)N[C@@H](Cc2c[nH]c3ccccc23)C(N)=O)NC1=O. The van der Waals surface area contributed by atoms with Gasteiger partial charge in [0.15, 0.2) is 0 Å². The van der Waals surface area contributed by atoms with Crippen molar-refractivity contribution in [2.45, 2.75) is 106 Å². The fourth-order valence-electron chi connectivity index (χ4n) is 9.39. The van der Waals surface area contributed by atoms with E-state index < -0.39 is 102 Å². The number of nitrogens with zero attached hydrogens (tertiary/aromatic N) is 2. The van der Waals surface area contributed by atoms with Crippen LogP contribution in [0.15, 0.2) is 110 Å². The van der Waals surface area contributed by atoms with Crippen LogP contribution < -0.4 is 49.1 Å². The van der Waals surface area contributed by atoms with Gasteiger partial charge in [-0.3, -0.25) is 43.3 Å². The Bertz CT molecular complexity index is 3160. The normalized spacial score (nSPS) is 21.2. The highest BCUT2D eigenvalue weighted by Gasteiger charge is 2.39. The minimum atomic E-state index is -1.70. The van der Waals surface area contributed by atoms with Crippen molar-refractivity contribution in [2.75, 3.05) is 25.1 Å². The minimum Gasteiger partial charge on any atom is -0.391 e. The molecule has 3 aromatic carbocycles. The molecule has 0 saturated carbocycles. The van der Waals surface area contributed by atoms with Gasteiger partial charge in [-0.25, -0.2) is 0 Å². The number of nitrogens with one attached hydrogen (secondary N) is 8. The summed E-state index contributed by atoms with van der Waals surface area (Å²) in [5.74, 6) is -7.05. The predicted octanol–water partition coefficient (Wildman–Crippen LogP) is 1.42. The molecular formula is C56H68ClN13O9S2. The summed E-state index contributed by atoms with van der Waals surface area (Å²) in [5.41, 5.74) is 22.3. The molecule has 0 bridgehead atoms. The van der Waals surface area contributed by atoms with Crippen molar-refractivity contribution in [3.63, 3.8) is 0 Å². The standard InChI is InChI=1S/C56H68ClN13O9S2/c1-31(71)48-55(78)68-46(52(75)64-42(49(60)72)24-34-27-62-40-13-5-3-11-37(34)40)30-81-80-29-45(67-50(73)39(59)22-32-16-18-36(57)19-17-32)53(76)65-43(23-33-10-9-21-61-26-33)51(74)66-44(25-35-28-63-41-14-6-4-12-38(35)41)56(79)70(2)47(54(77)69-48)15-7-8-20-58/h3-6,9-14,16-19,21,26-28,31,39,42-48,62-63,71H,7-8,15,20,22-25,29-30,58-59H2,1-2H3,(H2,60,72)(H,64,75)(H,65,76)(H,66,74)(H,67,73)(H,68,78)(H,69,77)/t31-,39-,42-,43-,44+,45-,46+,47-,48+/m0/s1. The van der Waals surface area contributed by atoms with E-state index in [0.717, 1.165) is 48.3 Å². The van der Waals surface area contributed by atoms with Crippen LogP contribution in [-0.2, 0) is 64.0 Å². The molecule has 9 atom stereocenters. The molecule has 430 valence electrons. The van der Waals surface area contributed by atoms with E-state index in [4.69, 9.17) is 28.8 Å². The maximum Gasteiger partial charge on any atom is 0.245 e. The molecule has 8 amide bonds. The van der Waals surface area contributed by atoms with Gasteiger partial charge in [0, 0.05) is 89.4 Å². The second-order valence-corrected chi connectivity index (χ2v) is 22.9. The Labute approximate surface area is 480 Å². The van der Waals surface area contributed by atoms with Crippen LogP contribution in [0.4, 0.5) is 0 Å². The number of aliphatic hydroxyl groups is 1. The van der Waals surface area contributed by atoms with Crippen molar-refractivity contribution < 1.29 is 43.5 Å². The van der Waals surface area contributed by atoms with E-state index in [9.17, 15) is 38.7 Å². The summed E-state index contributed by atoms with van der Waals surface area (Å²) in [4.78, 5) is 127. The van der Waals surface area contributed by atoms with Gasteiger partial charge in [0.1, 0.15) is 42.3 Å². The van der Waals surface area contributed by atoms with Crippen molar-refractivity contribution in [2.24, 2.45) is 17.2 Å². The van der Waals surface area contributed by atoms with Gasteiger partial charge in [-0.2, -0.15) is 0 Å². The van der Waals surface area contributed by atoms with Gasteiger partial charge in [0.05, 0.1) is 12.1 Å². The number of carbonyl (C=O) groups is 8. The van der Waals surface area contributed by atoms with Gasteiger partial charge in [-0.05, 0) is 91.7 Å². The number of amides is 8. The Morgan fingerprint density at radius 3 is 2.07 bits per heavy atom. The summed E-state index contributed by atoms with van der Waals surface area (Å²) in [7, 11) is 3.41. The molecule has 0 radical (unpaired) electrons. The van der Waals surface area contributed by atoms with Crippen LogP contribution >= 0.6 is 33.2 Å². The van der Waals surface area contributed by atoms with Crippen LogP contribution in [0, 0.1) is 0 Å². The number of pyridine rings is 1. The molecule has 25 heteroatoms. The zero-order valence-electron chi connectivity index (χ0n) is 44.7. The first-order valence-corrected chi connectivity index (χ1v) is 29.3. The number of benzene rings is 3. The first-order chi connectivity index (χ1) is 38.9. The molecule has 3 aromatic heterocycles. The lowest BCUT2D eigenvalue weighted by molar-refractivity contribution is -0.143. The number of rotatable bonds is 18. The average molecular weight is 1170 g/mol. The quantitative estimate of drug-likeness (QED) is 0.0428. The Kier molecular flexibility index (Phi) is 22.1. The number of nitrogens with two attached hydrogens (primary N) is 3. The number of aromatic amines is 2. The van der Waals surface area contributed by atoms with Crippen LogP contribution in [0.3, 0.4) is 0 Å². The molecule has 1 aliphatic rings. The summed E-state index contributed by atoms with van der Waals surface area (Å²) in [6, 6.07) is 13.7. The molecule has 4 heterocycles. The van der Waals surface area contributed by atoms with E-state index in [1.165, 1.54) is 20.2 Å². The van der Waals surface area contributed by atoms with Crippen molar-refractivity contribution >= 4 is 102 Å². The molecule has 81 heavy (non-hydrogen) atoms. The topological polar surface area (TPSA) is 355 Å². The van der Waals surface area contributed by atoms with E-state index in [0.29, 0.717) is 40.1 Å². The smallest absolute Gasteiger partial charge is 0.245 e. The Balaban J connectivity index is 1.26. The van der Waals surface area contributed by atoms with Crippen molar-refractivity contribution in [3.8, 4) is 0 Å². The summed E-state index contributed by atoms with van der Waals surface area (Å²) in [6.07, 6.45) is 5.54. The van der Waals surface area contributed by atoms with Gasteiger partial charge in [0.25, 0.3) is 0 Å². The lowest BCUT2D eigenvalue weighted by Crippen LogP contribution is -2.62. The first kappa shape index (κ1) is 61.1. The average Bonchev–Trinajstić information content (AvgIpc) is 4.26. The number of halogens is 1. The van der Waals surface area contributed by atoms with Crippen LogP contribution in [0.25, 0.3) is 21.8 Å². The monoisotopic (exact) mass is 1170 g/mol. The predicted molar refractivity (Wildman–Crippen MR) is 312 cm³/mol. The number of aromatic nitrogens is 3. The number of likely N-dealkylation sites (N-methyl/N-ethyl adjacent to an activating group) is 1. The number of hydrogen-bond acceptors (Lipinski definition) is 14. The van der Waals surface area contributed by atoms with Gasteiger partial charge in [0.2, 0.25) is 47.3 Å². The molecule has 0 spiro atoms. The molecule has 6 aromatic rings. The third-order valence-electron chi connectivity index (χ3n) is 13.9. The highest BCUT2D eigenvalue weighted by Crippen LogP contribution is 2.26. The fourth-order valence-corrected chi connectivity index (χ4v) is 11.8. The van der Waals surface area contributed by atoms with Gasteiger partial charge >= 0.3 is 0 Å². The number of fused-ring (bicyclic) bond motifs is 2. The van der Waals surface area contributed by atoms with Crippen molar-refractivity contribution in [1.29, 1.82) is 0 Å². The Hall–Kier alpha value is -7.48. The molecule has 0 aliphatic carbocycles. The molecule has 1 saturated heterocycles. The molecule has 22 nitrogen and oxygen atoms in total. The Morgan fingerprint density at radius 2 is 1.42 bits per heavy atom. The number of H-pyrrole nitrogens is 2. The highest BCUT2D eigenvalue weighted by atomic mass is 35.5. The van der Waals surface area contributed by atoms with E-state index in [1.54, 1.807) is 55.0 Å². The largest absolute Gasteiger partial charge is 0.391 e. The number of para-hydroxylation sites is 2. The van der Waals surface area contributed by atoms with E-state index in [1.807, 2.05) is 48.5 Å². The number of carbonyl (C=O) groups excluding carboxylic acids is 8. The third-order valence-corrected chi connectivity index (χ3v) is 16.6.